The fraction of sp³-hybridized carbons (Fsp3) is 0.840. The molecular weight excluding hydrogens is 412 g/mol. The standard InChI is InChI=1S/C25H34O7/c1-12-14-7-8-15-23-11-29-25(24(15,18(12)27)20(14)31-22(5,6)32-25)19(28)17(23)21(3,4)10-9-16(23)30-13(2)26/h14-17,19-20,28H,1,7-11H2,2-6H3/t14-,15-,16-,17+,19-,20+,23+,24-,25+/m0/s1. The van der Waals surface area contributed by atoms with E-state index in [9.17, 15) is 14.7 Å². The summed E-state index contributed by atoms with van der Waals surface area (Å²) in [6.45, 7) is 13.9. The lowest BCUT2D eigenvalue weighted by Crippen LogP contribution is -2.88. The van der Waals surface area contributed by atoms with Crippen molar-refractivity contribution >= 4 is 11.8 Å². The first-order valence-corrected chi connectivity index (χ1v) is 12.0. The van der Waals surface area contributed by atoms with E-state index in [1.54, 1.807) is 0 Å². The molecule has 7 heteroatoms. The van der Waals surface area contributed by atoms with Crippen LogP contribution in [-0.2, 0) is 28.5 Å². The number of aliphatic hydroxyl groups is 1. The Morgan fingerprint density at radius 2 is 1.91 bits per heavy atom. The van der Waals surface area contributed by atoms with Crippen molar-refractivity contribution in [1.29, 1.82) is 0 Å². The second-order valence-corrected chi connectivity index (χ2v) is 12.1. The predicted molar refractivity (Wildman–Crippen MR) is 112 cm³/mol. The predicted octanol–water partition coefficient (Wildman–Crippen LogP) is 2.74. The Kier molecular flexibility index (Phi) is 3.89. The highest BCUT2D eigenvalue weighted by molar-refractivity contribution is 6.05. The Morgan fingerprint density at radius 1 is 1.19 bits per heavy atom. The molecule has 3 aliphatic heterocycles. The topological polar surface area (TPSA) is 91.3 Å². The molecule has 0 aromatic heterocycles. The average molecular weight is 447 g/mol. The van der Waals surface area contributed by atoms with Crippen molar-refractivity contribution in [2.75, 3.05) is 6.61 Å². The van der Waals surface area contributed by atoms with Gasteiger partial charge in [0.15, 0.2) is 11.6 Å². The summed E-state index contributed by atoms with van der Waals surface area (Å²) in [6.07, 6.45) is 1.07. The van der Waals surface area contributed by atoms with Crippen LogP contribution >= 0.6 is 0 Å². The van der Waals surface area contributed by atoms with E-state index in [1.807, 2.05) is 13.8 Å². The van der Waals surface area contributed by atoms with Crippen LogP contribution in [0.15, 0.2) is 12.2 Å². The van der Waals surface area contributed by atoms with Crippen molar-refractivity contribution in [3.63, 3.8) is 0 Å². The maximum absolute atomic E-state index is 14.1. The summed E-state index contributed by atoms with van der Waals surface area (Å²) in [5, 5.41) is 12.1. The molecule has 3 heterocycles. The lowest BCUT2D eigenvalue weighted by molar-refractivity contribution is -0.534. The fourth-order valence-corrected chi connectivity index (χ4v) is 9.23. The number of rotatable bonds is 1. The van der Waals surface area contributed by atoms with Crippen molar-refractivity contribution in [2.24, 2.45) is 34.0 Å². The summed E-state index contributed by atoms with van der Waals surface area (Å²) in [7, 11) is 0. The van der Waals surface area contributed by atoms with Crippen LogP contribution in [0.5, 0.6) is 0 Å². The monoisotopic (exact) mass is 446 g/mol. The van der Waals surface area contributed by atoms with Gasteiger partial charge >= 0.3 is 5.97 Å². The van der Waals surface area contributed by atoms with E-state index in [0.29, 0.717) is 12.0 Å². The molecule has 7 fully saturated rings. The van der Waals surface area contributed by atoms with Crippen molar-refractivity contribution in [2.45, 2.75) is 90.2 Å². The smallest absolute Gasteiger partial charge is 0.302 e. The second-order valence-electron chi connectivity index (χ2n) is 12.1. The van der Waals surface area contributed by atoms with Crippen LogP contribution in [0, 0.1) is 34.0 Å². The van der Waals surface area contributed by atoms with E-state index in [4.69, 9.17) is 18.9 Å². The lowest BCUT2D eigenvalue weighted by Gasteiger charge is -2.77. The fourth-order valence-electron chi connectivity index (χ4n) is 9.23. The molecule has 1 N–H and O–H groups in total. The van der Waals surface area contributed by atoms with E-state index in [2.05, 4.69) is 20.4 Å². The van der Waals surface area contributed by atoms with Gasteiger partial charge in [0, 0.05) is 24.2 Å². The van der Waals surface area contributed by atoms with E-state index in [1.165, 1.54) is 6.92 Å². The molecular formula is C25H34O7. The summed E-state index contributed by atoms with van der Waals surface area (Å²) in [5.74, 6) is -3.52. The Hall–Kier alpha value is -1.28. The molecule has 4 aliphatic carbocycles. The first-order valence-electron chi connectivity index (χ1n) is 12.0. The van der Waals surface area contributed by atoms with Gasteiger partial charge in [0.25, 0.3) is 0 Å². The minimum absolute atomic E-state index is 0.105. The third-order valence-corrected chi connectivity index (χ3v) is 9.90. The number of carbonyl (C=O) groups is 2. The van der Waals surface area contributed by atoms with Crippen molar-refractivity contribution < 1.29 is 33.6 Å². The molecule has 9 atom stereocenters. The van der Waals surface area contributed by atoms with Gasteiger partial charge in [-0.15, -0.1) is 0 Å². The molecule has 32 heavy (non-hydrogen) atoms. The van der Waals surface area contributed by atoms with Gasteiger partial charge < -0.3 is 24.1 Å². The molecule has 4 bridgehead atoms. The lowest BCUT2D eigenvalue weighted by atomic mass is 9.35. The van der Waals surface area contributed by atoms with Crippen molar-refractivity contribution in [3.8, 4) is 0 Å². The molecule has 7 nitrogen and oxygen atoms in total. The molecule has 0 aromatic rings. The SMILES string of the molecule is C=C1C(=O)[C@@]23[C@@H]4OC(C)(C)O[C@@]25OC[C@]2([C@@H](OC(C)=O)CCC(C)(C)[C@H]2[C@@H]5O)[C@@H]3CC[C@@H]14. The quantitative estimate of drug-likeness (QED) is 0.489. The van der Waals surface area contributed by atoms with Crippen LogP contribution < -0.4 is 0 Å². The Morgan fingerprint density at radius 3 is 2.59 bits per heavy atom. The van der Waals surface area contributed by atoms with E-state index < -0.39 is 40.7 Å². The molecule has 0 amide bonds. The van der Waals surface area contributed by atoms with Gasteiger partial charge in [0.1, 0.15) is 17.6 Å². The number of carbonyl (C=O) groups excluding carboxylic acids is 2. The number of hydrogen-bond donors (Lipinski definition) is 1. The number of Topliss-reactive ketones (excluding diaryl/α,β-unsaturated/α-hetero) is 1. The van der Waals surface area contributed by atoms with E-state index >= 15 is 0 Å². The molecule has 176 valence electrons. The van der Waals surface area contributed by atoms with Crippen LogP contribution in [0.2, 0.25) is 0 Å². The number of hydrogen-bond acceptors (Lipinski definition) is 7. The Bertz CT molecular complexity index is 939. The van der Waals surface area contributed by atoms with Crippen LogP contribution in [0.1, 0.15) is 60.3 Å². The Labute approximate surface area is 188 Å². The normalized spacial score (nSPS) is 54.1. The number of ketones is 1. The first-order chi connectivity index (χ1) is 14.9. The van der Waals surface area contributed by atoms with Gasteiger partial charge in [-0.1, -0.05) is 20.4 Å². The highest BCUT2D eigenvalue weighted by Crippen LogP contribution is 2.79. The molecule has 3 spiro atoms. The maximum Gasteiger partial charge on any atom is 0.302 e. The Balaban J connectivity index is 1.65. The van der Waals surface area contributed by atoms with Crippen LogP contribution in [0.25, 0.3) is 0 Å². The average Bonchev–Trinajstić information content (AvgIpc) is 2.80. The maximum atomic E-state index is 14.1. The number of ether oxygens (including phenoxy) is 4. The highest BCUT2D eigenvalue weighted by atomic mass is 16.8. The second kappa shape index (κ2) is 5.85. The molecule has 7 rings (SSSR count). The van der Waals surface area contributed by atoms with Gasteiger partial charge in [-0.3, -0.25) is 9.59 Å². The molecule has 3 saturated heterocycles. The zero-order valence-electron chi connectivity index (χ0n) is 19.6. The zero-order chi connectivity index (χ0) is 23.1. The van der Waals surface area contributed by atoms with Gasteiger partial charge in [-0.05, 0) is 56.4 Å². The first kappa shape index (κ1) is 21.3. The van der Waals surface area contributed by atoms with E-state index in [0.717, 1.165) is 19.3 Å². The van der Waals surface area contributed by atoms with Crippen LogP contribution in [0.4, 0.5) is 0 Å². The number of aliphatic hydroxyl groups excluding tert-OH is 1. The van der Waals surface area contributed by atoms with Gasteiger partial charge in [0.2, 0.25) is 5.79 Å². The molecule has 4 saturated carbocycles. The van der Waals surface area contributed by atoms with Crippen LogP contribution in [0.3, 0.4) is 0 Å². The van der Waals surface area contributed by atoms with Crippen molar-refractivity contribution in [3.05, 3.63) is 12.2 Å². The summed E-state index contributed by atoms with van der Waals surface area (Å²) >= 11 is 0. The molecule has 0 radical (unpaired) electrons. The zero-order valence-corrected chi connectivity index (χ0v) is 19.6. The van der Waals surface area contributed by atoms with Crippen molar-refractivity contribution in [1.82, 2.24) is 0 Å². The van der Waals surface area contributed by atoms with E-state index in [-0.39, 0.29) is 41.5 Å². The number of fused-ring (bicyclic) bond motifs is 1. The molecule has 0 aromatic carbocycles. The highest BCUT2D eigenvalue weighted by Gasteiger charge is 2.90. The minimum Gasteiger partial charge on any atom is -0.462 e. The molecule has 7 aliphatic rings. The summed E-state index contributed by atoms with van der Waals surface area (Å²) < 4.78 is 25.5. The van der Waals surface area contributed by atoms with Gasteiger partial charge in [-0.25, -0.2) is 0 Å². The third-order valence-electron chi connectivity index (χ3n) is 9.90. The summed E-state index contributed by atoms with van der Waals surface area (Å²) in [5.41, 5.74) is -1.56. The molecule has 0 unspecified atom stereocenters. The third kappa shape index (κ3) is 2.01. The van der Waals surface area contributed by atoms with Gasteiger partial charge in [-0.2, -0.15) is 0 Å². The number of esters is 1. The summed E-state index contributed by atoms with van der Waals surface area (Å²) in [6, 6.07) is 0. The van der Waals surface area contributed by atoms with Gasteiger partial charge in [0.05, 0.1) is 12.7 Å². The minimum atomic E-state index is -1.50. The van der Waals surface area contributed by atoms with Crippen LogP contribution in [-0.4, -0.2) is 53.4 Å². The largest absolute Gasteiger partial charge is 0.462 e. The summed E-state index contributed by atoms with van der Waals surface area (Å²) in [4.78, 5) is 26.3.